The number of rotatable bonds is 4. The second kappa shape index (κ2) is 7.59. The Bertz CT molecular complexity index is 1180. The molecule has 1 aliphatic rings. The molecule has 5 rings (SSSR count). The zero-order chi connectivity index (χ0) is 20.5. The molecule has 4 aromatic rings. The number of amides is 1. The van der Waals surface area contributed by atoms with Crippen molar-refractivity contribution < 1.29 is 18.7 Å². The Labute approximate surface area is 174 Å². The Morgan fingerprint density at radius 2 is 1.70 bits per heavy atom. The molecule has 0 N–H and O–H groups in total. The number of anilines is 1. The van der Waals surface area contributed by atoms with Crippen molar-refractivity contribution in [1.82, 2.24) is 0 Å². The van der Waals surface area contributed by atoms with Crippen molar-refractivity contribution in [3.63, 3.8) is 0 Å². The highest BCUT2D eigenvalue weighted by Crippen LogP contribution is 2.33. The number of benzene rings is 3. The molecule has 5 heteroatoms. The van der Waals surface area contributed by atoms with E-state index in [4.69, 9.17) is 13.9 Å². The molecule has 2 heterocycles. The Kier molecular flexibility index (Phi) is 4.64. The van der Waals surface area contributed by atoms with Crippen LogP contribution >= 0.6 is 0 Å². The fraction of sp³-hybridized carbons (Fsp3) is 0.160. The fourth-order valence-corrected chi connectivity index (χ4v) is 3.73. The van der Waals surface area contributed by atoms with Gasteiger partial charge in [-0.15, -0.1) is 0 Å². The van der Waals surface area contributed by atoms with Gasteiger partial charge in [-0.3, -0.25) is 4.79 Å². The maximum Gasteiger partial charge on any atom is 0.272 e. The third kappa shape index (κ3) is 3.39. The van der Waals surface area contributed by atoms with Crippen LogP contribution in [0, 0.1) is 6.92 Å². The van der Waals surface area contributed by atoms with Gasteiger partial charge >= 0.3 is 0 Å². The average molecular weight is 399 g/mol. The van der Waals surface area contributed by atoms with Crippen LogP contribution in [0.5, 0.6) is 11.5 Å². The van der Waals surface area contributed by atoms with Crippen molar-refractivity contribution in [2.45, 2.75) is 19.6 Å². The van der Waals surface area contributed by atoms with Crippen molar-refractivity contribution in [3.8, 4) is 11.5 Å². The summed E-state index contributed by atoms with van der Waals surface area (Å²) < 4.78 is 17.7. The SMILES string of the molecule is Cc1ccccc1N(Cc1cc2ccccc2o1)C(=O)[C@H]1COc2ccccc2O1. The molecule has 0 saturated carbocycles. The molecule has 1 atom stereocenters. The third-order valence-electron chi connectivity index (χ3n) is 5.25. The summed E-state index contributed by atoms with van der Waals surface area (Å²) in [5.74, 6) is 1.78. The predicted molar refractivity (Wildman–Crippen MR) is 115 cm³/mol. The van der Waals surface area contributed by atoms with Gasteiger partial charge in [-0.1, -0.05) is 48.5 Å². The maximum absolute atomic E-state index is 13.6. The van der Waals surface area contributed by atoms with E-state index in [1.165, 1.54) is 0 Å². The van der Waals surface area contributed by atoms with Crippen LogP contribution in [0.2, 0.25) is 0 Å². The molecule has 0 unspecified atom stereocenters. The quantitative estimate of drug-likeness (QED) is 0.478. The number of nitrogens with zero attached hydrogens (tertiary/aromatic N) is 1. The Balaban J connectivity index is 1.48. The standard InChI is InChI=1S/C25H21NO4/c1-17-8-2-4-10-20(17)26(15-19-14-18-9-3-5-11-21(18)29-19)25(27)24-16-28-22-12-6-7-13-23(22)30-24/h2-14,24H,15-16H2,1H3/t24-/m1/s1. The minimum absolute atomic E-state index is 0.165. The largest absolute Gasteiger partial charge is 0.485 e. The smallest absolute Gasteiger partial charge is 0.272 e. The molecule has 0 spiro atoms. The first-order valence-corrected chi connectivity index (χ1v) is 9.92. The highest BCUT2D eigenvalue weighted by Gasteiger charge is 2.33. The van der Waals surface area contributed by atoms with Gasteiger partial charge in [-0.25, -0.2) is 0 Å². The van der Waals surface area contributed by atoms with E-state index in [0.717, 1.165) is 22.2 Å². The van der Waals surface area contributed by atoms with Crippen LogP contribution in [0.4, 0.5) is 5.69 Å². The van der Waals surface area contributed by atoms with Gasteiger partial charge in [0.25, 0.3) is 5.91 Å². The molecule has 1 aromatic heterocycles. The van der Waals surface area contributed by atoms with E-state index in [9.17, 15) is 4.79 Å². The van der Waals surface area contributed by atoms with E-state index < -0.39 is 6.10 Å². The van der Waals surface area contributed by atoms with Gasteiger partial charge in [0.05, 0.1) is 6.54 Å². The minimum atomic E-state index is -0.733. The molecule has 0 bridgehead atoms. The first kappa shape index (κ1) is 18.3. The highest BCUT2D eigenvalue weighted by atomic mass is 16.6. The van der Waals surface area contributed by atoms with Crippen LogP contribution in [0.25, 0.3) is 11.0 Å². The van der Waals surface area contributed by atoms with Crippen molar-refractivity contribution in [2.75, 3.05) is 11.5 Å². The summed E-state index contributed by atoms with van der Waals surface area (Å²) >= 11 is 0. The van der Waals surface area contributed by atoms with E-state index in [-0.39, 0.29) is 12.5 Å². The fourth-order valence-electron chi connectivity index (χ4n) is 3.73. The molecule has 150 valence electrons. The Hall–Kier alpha value is -3.73. The van der Waals surface area contributed by atoms with E-state index in [2.05, 4.69) is 0 Å². The zero-order valence-corrected chi connectivity index (χ0v) is 16.6. The van der Waals surface area contributed by atoms with Gasteiger partial charge in [0.2, 0.25) is 6.10 Å². The second-order valence-electron chi connectivity index (χ2n) is 7.33. The van der Waals surface area contributed by atoms with Crippen LogP contribution in [0.1, 0.15) is 11.3 Å². The molecule has 30 heavy (non-hydrogen) atoms. The number of hydrogen-bond acceptors (Lipinski definition) is 4. The van der Waals surface area contributed by atoms with Crippen LogP contribution in [0.15, 0.2) is 83.3 Å². The van der Waals surface area contributed by atoms with Crippen LogP contribution in [0.3, 0.4) is 0 Å². The lowest BCUT2D eigenvalue weighted by Gasteiger charge is -2.31. The molecule has 0 aliphatic carbocycles. The minimum Gasteiger partial charge on any atom is -0.485 e. The maximum atomic E-state index is 13.6. The van der Waals surface area contributed by atoms with E-state index in [1.54, 1.807) is 4.90 Å². The number of aryl methyl sites for hydroxylation is 1. The summed E-state index contributed by atoms with van der Waals surface area (Å²) in [4.78, 5) is 15.3. The second-order valence-corrected chi connectivity index (χ2v) is 7.33. The number of para-hydroxylation sites is 4. The van der Waals surface area contributed by atoms with Gasteiger partial charge in [0.1, 0.15) is 18.0 Å². The van der Waals surface area contributed by atoms with Crippen molar-refractivity contribution in [1.29, 1.82) is 0 Å². The van der Waals surface area contributed by atoms with Gasteiger partial charge in [-0.2, -0.15) is 0 Å². The summed E-state index contributed by atoms with van der Waals surface area (Å²) in [6, 6.07) is 25.0. The first-order chi connectivity index (χ1) is 14.7. The lowest BCUT2D eigenvalue weighted by atomic mass is 10.1. The highest BCUT2D eigenvalue weighted by molar-refractivity contribution is 5.97. The molecule has 1 aliphatic heterocycles. The van der Waals surface area contributed by atoms with Gasteiger partial charge < -0.3 is 18.8 Å². The number of furan rings is 1. The van der Waals surface area contributed by atoms with E-state index >= 15 is 0 Å². The summed E-state index contributed by atoms with van der Waals surface area (Å²) in [5, 5.41) is 1.01. The molecular formula is C25H21NO4. The van der Waals surface area contributed by atoms with Gasteiger partial charge in [0.15, 0.2) is 11.5 Å². The summed E-state index contributed by atoms with van der Waals surface area (Å²) in [7, 11) is 0. The van der Waals surface area contributed by atoms with Crippen molar-refractivity contribution >= 4 is 22.6 Å². The number of hydrogen-bond donors (Lipinski definition) is 0. The molecule has 0 radical (unpaired) electrons. The van der Waals surface area contributed by atoms with Crippen molar-refractivity contribution in [2.24, 2.45) is 0 Å². The van der Waals surface area contributed by atoms with Crippen LogP contribution in [-0.4, -0.2) is 18.6 Å². The molecule has 0 fully saturated rings. The van der Waals surface area contributed by atoms with Gasteiger partial charge in [-0.05, 0) is 42.8 Å². The number of carbonyl (C=O) groups is 1. The van der Waals surface area contributed by atoms with Crippen LogP contribution < -0.4 is 14.4 Å². The predicted octanol–water partition coefficient (Wildman–Crippen LogP) is 5.11. The number of carbonyl (C=O) groups excluding carboxylic acids is 1. The molecule has 1 amide bonds. The van der Waals surface area contributed by atoms with Gasteiger partial charge in [0, 0.05) is 11.1 Å². The molecule has 5 nitrogen and oxygen atoms in total. The summed E-state index contributed by atoms with van der Waals surface area (Å²) in [6.07, 6.45) is -0.733. The molecule has 0 saturated heterocycles. The first-order valence-electron chi connectivity index (χ1n) is 9.92. The number of ether oxygens (including phenoxy) is 2. The molecular weight excluding hydrogens is 378 g/mol. The number of fused-ring (bicyclic) bond motifs is 2. The topological polar surface area (TPSA) is 51.9 Å². The normalized spacial score (nSPS) is 15.2. The van der Waals surface area contributed by atoms with Crippen molar-refractivity contribution in [3.05, 3.63) is 90.2 Å². The van der Waals surface area contributed by atoms with Crippen LogP contribution in [-0.2, 0) is 11.3 Å². The monoisotopic (exact) mass is 399 g/mol. The molecule has 3 aromatic carbocycles. The lowest BCUT2D eigenvalue weighted by Crippen LogP contribution is -2.46. The zero-order valence-electron chi connectivity index (χ0n) is 16.6. The lowest BCUT2D eigenvalue weighted by molar-refractivity contribution is -0.127. The van der Waals surface area contributed by atoms with E-state index in [1.807, 2.05) is 85.8 Å². The summed E-state index contributed by atoms with van der Waals surface area (Å²) in [5.41, 5.74) is 2.63. The summed E-state index contributed by atoms with van der Waals surface area (Å²) in [6.45, 7) is 2.46. The average Bonchev–Trinajstić information content (AvgIpc) is 3.20. The Morgan fingerprint density at radius 3 is 2.53 bits per heavy atom. The Morgan fingerprint density at radius 1 is 0.967 bits per heavy atom. The van der Waals surface area contributed by atoms with E-state index in [0.29, 0.717) is 23.8 Å². The third-order valence-corrected chi connectivity index (χ3v) is 5.25.